The first-order valence-electron chi connectivity index (χ1n) is 7.45. The Bertz CT molecular complexity index is 958. The van der Waals surface area contributed by atoms with E-state index >= 15 is 0 Å². The van der Waals surface area contributed by atoms with Gasteiger partial charge in [0.2, 0.25) is 0 Å². The van der Waals surface area contributed by atoms with Crippen LogP contribution in [0.1, 0.15) is 16.7 Å². The fourth-order valence-corrected chi connectivity index (χ4v) is 3.19. The van der Waals surface area contributed by atoms with Gasteiger partial charge in [-0.15, -0.1) is 0 Å². The van der Waals surface area contributed by atoms with Gasteiger partial charge in [0.25, 0.3) is 5.56 Å². The van der Waals surface area contributed by atoms with Gasteiger partial charge in [0.1, 0.15) is 11.6 Å². The molecule has 0 atom stereocenters. The van der Waals surface area contributed by atoms with E-state index in [9.17, 15) is 10.1 Å². The second kappa shape index (κ2) is 7.16. The molecule has 0 unspecified atom stereocenters. The van der Waals surface area contributed by atoms with Crippen LogP contribution in [0.3, 0.4) is 0 Å². The van der Waals surface area contributed by atoms with Crippen LogP contribution in [0.4, 0.5) is 0 Å². The van der Waals surface area contributed by atoms with Crippen molar-refractivity contribution in [3.8, 4) is 17.3 Å². The molecule has 1 N–H and O–H groups in total. The predicted octanol–water partition coefficient (Wildman–Crippen LogP) is 3.91. The van der Waals surface area contributed by atoms with Crippen LogP contribution in [0.25, 0.3) is 11.3 Å². The predicted molar refractivity (Wildman–Crippen MR) is 95.7 cm³/mol. The van der Waals surface area contributed by atoms with Crippen LogP contribution in [0.15, 0.2) is 64.5 Å². The van der Waals surface area contributed by atoms with E-state index in [0.717, 1.165) is 11.1 Å². The number of hydrogen-bond donors (Lipinski definition) is 1. The maximum Gasteiger partial charge on any atom is 0.270 e. The first kappa shape index (κ1) is 16.0. The van der Waals surface area contributed by atoms with Crippen molar-refractivity contribution in [1.29, 1.82) is 5.26 Å². The van der Waals surface area contributed by atoms with E-state index in [1.807, 2.05) is 61.5 Å². The Balaban J connectivity index is 1.94. The third-order valence-electron chi connectivity index (χ3n) is 3.51. The summed E-state index contributed by atoms with van der Waals surface area (Å²) in [5.74, 6) is 0.699. The number of aryl methyl sites for hydroxylation is 1. The van der Waals surface area contributed by atoms with E-state index in [1.54, 1.807) is 0 Å². The number of rotatable bonds is 4. The molecule has 0 aliphatic heterocycles. The number of benzene rings is 2. The van der Waals surface area contributed by atoms with Crippen LogP contribution >= 0.6 is 11.8 Å². The summed E-state index contributed by atoms with van der Waals surface area (Å²) in [6.07, 6.45) is 0. The van der Waals surface area contributed by atoms with Gasteiger partial charge >= 0.3 is 0 Å². The standard InChI is InChI=1S/C19H15N3OS/c1-13-6-5-7-14(10-13)12-24-19-21-17(15-8-3-2-4-9-15)16(11-20)18(23)22-19/h2-10H,12H2,1H3,(H,21,22,23). The summed E-state index contributed by atoms with van der Waals surface area (Å²) >= 11 is 1.45. The molecular weight excluding hydrogens is 318 g/mol. The van der Waals surface area contributed by atoms with E-state index in [2.05, 4.69) is 16.0 Å². The van der Waals surface area contributed by atoms with Crippen LogP contribution in [0, 0.1) is 18.3 Å². The molecule has 0 radical (unpaired) electrons. The molecule has 0 aliphatic carbocycles. The zero-order valence-corrected chi connectivity index (χ0v) is 13.9. The second-order valence-electron chi connectivity index (χ2n) is 5.35. The molecule has 0 saturated heterocycles. The molecule has 0 spiro atoms. The second-order valence-corrected chi connectivity index (χ2v) is 6.31. The molecule has 0 bridgehead atoms. The highest BCUT2D eigenvalue weighted by Gasteiger charge is 2.13. The van der Waals surface area contributed by atoms with E-state index in [0.29, 0.717) is 16.6 Å². The highest BCUT2D eigenvalue weighted by molar-refractivity contribution is 7.98. The lowest BCUT2D eigenvalue weighted by Gasteiger charge is -2.07. The van der Waals surface area contributed by atoms with Gasteiger partial charge in [-0.05, 0) is 12.5 Å². The Morgan fingerprint density at radius 1 is 1.17 bits per heavy atom. The smallest absolute Gasteiger partial charge is 0.270 e. The summed E-state index contributed by atoms with van der Waals surface area (Å²) < 4.78 is 0. The number of H-pyrrole nitrogens is 1. The minimum absolute atomic E-state index is 0.0427. The van der Waals surface area contributed by atoms with Crippen LogP contribution in [0.2, 0.25) is 0 Å². The van der Waals surface area contributed by atoms with E-state index in [1.165, 1.54) is 17.3 Å². The molecule has 0 aliphatic rings. The van der Waals surface area contributed by atoms with Gasteiger partial charge in [0.15, 0.2) is 5.16 Å². The third-order valence-corrected chi connectivity index (χ3v) is 4.46. The first-order chi connectivity index (χ1) is 11.7. The number of nitrogens with zero attached hydrogens (tertiary/aromatic N) is 2. The van der Waals surface area contributed by atoms with Gasteiger partial charge < -0.3 is 4.98 Å². The Morgan fingerprint density at radius 2 is 1.96 bits per heavy atom. The van der Waals surface area contributed by atoms with Crippen LogP contribution in [0.5, 0.6) is 0 Å². The van der Waals surface area contributed by atoms with Crippen molar-refractivity contribution in [2.75, 3.05) is 0 Å². The number of nitrogens with one attached hydrogen (secondary N) is 1. The van der Waals surface area contributed by atoms with Gasteiger partial charge in [0.05, 0.1) is 5.69 Å². The molecule has 0 saturated carbocycles. The molecular formula is C19H15N3OS. The monoisotopic (exact) mass is 333 g/mol. The van der Waals surface area contributed by atoms with Crippen molar-refractivity contribution in [2.24, 2.45) is 0 Å². The van der Waals surface area contributed by atoms with Crippen LogP contribution < -0.4 is 5.56 Å². The quantitative estimate of drug-likeness (QED) is 0.580. The molecule has 118 valence electrons. The summed E-state index contributed by atoms with van der Waals surface area (Å²) in [5, 5.41) is 9.79. The number of thioether (sulfide) groups is 1. The molecule has 4 nitrogen and oxygen atoms in total. The minimum Gasteiger partial charge on any atom is -0.300 e. The highest BCUT2D eigenvalue weighted by atomic mass is 32.2. The lowest BCUT2D eigenvalue weighted by Crippen LogP contribution is -2.14. The van der Waals surface area contributed by atoms with Gasteiger partial charge in [-0.3, -0.25) is 4.79 Å². The Hall–Kier alpha value is -2.84. The average Bonchev–Trinajstić information content (AvgIpc) is 2.60. The van der Waals surface area contributed by atoms with Crippen molar-refractivity contribution < 1.29 is 0 Å². The van der Waals surface area contributed by atoms with Crippen molar-refractivity contribution in [2.45, 2.75) is 17.8 Å². The van der Waals surface area contributed by atoms with Crippen LogP contribution in [-0.2, 0) is 5.75 Å². The largest absolute Gasteiger partial charge is 0.300 e. The number of hydrogen-bond acceptors (Lipinski definition) is 4. The number of aromatic nitrogens is 2. The van der Waals surface area contributed by atoms with Gasteiger partial charge in [-0.2, -0.15) is 5.26 Å². The third kappa shape index (κ3) is 3.55. The lowest BCUT2D eigenvalue weighted by molar-refractivity contribution is 0.934. The lowest BCUT2D eigenvalue weighted by atomic mass is 10.1. The molecule has 0 fully saturated rings. The van der Waals surface area contributed by atoms with Crippen molar-refractivity contribution in [1.82, 2.24) is 9.97 Å². The minimum atomic E-state index is -0.405. The molecule has 3 rings (SSSR count). The first-order valence-corrected chi connectivity index (χ1v) is 8.44. The molecule has 24 heavy (non-hydrogen) atoms. The van der Waals surface area contributed by atoms with Gasteiger partial charge in [-0.1, -0.05) is 71.9 Å². The molecule has 5 heteroatoms. The number of nitriles is 1. The van der Waals surface area contributed by atoms with Crippen molar-refractivity contribution in [3.63, 3.8) is 0 Å². The normalized spacial score (nSPS) is 10.3. The van der Waals surface area contributed by atoms with Crippen LogP contribution in [-0.4, -0.2) is 9.97 Å². The van der Waals surface area contributed by atoms with E-state index in [-0.39, 0.29) is 5.56 Å². The zero-order valence-electron chi connectivity index (χ0n) is 13.1. The number of aromatic amines is 1. The summed E-state index contributed by atoms with van der Waals surface area (Å²) in [4.78, 5) is 19.4. The topological polar surface area (TPSA) is 69.5 Å². The van der Waals surface area contributed by atoms with Gasteiger partial charge in [-0.25, -0.2) is 4.98 Å². The Morgan fingerprint density at radius 3 is 2.67 bits per heavy atom. The fraction of sp³-hybridized carbons (Fsp3) is 0.105. The molecule has 1 heterocycles. The van der Waals surface area contributed by atoms with Crippen molar-refractivity contribution in [3.05, 3.63) is 81.6 Å². The Kier molecular flexibility index (Phi) is 4.78. The SMILES string of the molecule is Cc1cccc(CSc2nc(-c3ccccc3)c(C#N)c(=O)[nH]2)c1. The average molecular weight is 333 g/mol. The van der Waals surface area contributed by atoms with Gasteiger partial charge in [0, 0.05) is 11.3 Å². The van der Waals surface area contributed by atoms with E-state index < -0.39 is 5.56 Å². The van der Waals surface area contributed by atoms with E-state index in [4.69, 9.17) is 0 Å². The summed E-state index contributed by atoms with van der Waals surface area (Å²) in [6, 6.07) is 19.5. The Labute approximate surface area is 144 Å². The zero-order chi connectivity index (χ0) is 16.9. The molecule has 2 aromatic carbocycles. The summed E-state index contributed by atoms with van der Waals surface area (Å²) in [7, 11) is 0. The maximum atomic E-state index is 12.2. The molecule has 3 aromatic rings. The summed E-state index contributed by atoms with van der Waals surface area (Å²) in [6.45, 7) is 2.05. The fourth-order valence-electron chi connectivity index (χ4n) is 2.38. The van der Waals surface area contributed by atoms with Crippen molar-refractivity contribution >= 4 is 11.8 Å². The maximum absolute atomic E-state index is 12.2. The summed E-state index contributed by atoms with van der Waals surface area (Å²) in [5.41, 5.74) is 3.18. The molecule has 0 amide bonds. The molecule has 1 aromatic heterocycles. The highest BCUT2D eigenvalue weighted by Crippen LogP contribution is 2.24.